The number of aromatic nitrogens is 1. The number of carbonyl (C=O) groups excluding carboxylic acids is 1. The molecule has 0 aliphatic heterocycles. The van der Waals surface area contributed by atoms with Gasteiger partial charge in [-0.15, -0.1) is 0 Å². The van der Waals surface area contributed by atoms with E-state index in [1.807, 2.05) is 99.9 Å². The average molecular weight is 470 g/mol. The number of thiazole rings is 1. The highest BCUT2D eigenvalue weighted by atomic mass is 32.1. The maximum absolute atomic E-state index is 12.7. The zero-order valence-electron chi connectivity index (χ0n) is 19.4. The molecule has 0 unspecified atom stereocenters. The molecule has 1 heterocycles. The number of benzene rings is 3. The monoisotopic (exact) mass is 469 g/mol. The van der Waals surface area contributed by atoms with Crippen molar-refractivity contribution in [2.75, 3.05) is 29.7 Å². The summed E-state index contributed by atoms with van der Waals surface area (Å²) < 4.78 is 0. The Hall–Kier alpha value is -3.97. The molecule has 172 valence electrons. The van der Waals surface area contributed by atoms with Gasteiger partial charge in [0, 0.05) is 25.3 Å². The van der Waals surface area contributed by atoms with Gasteiger partial charge >= 0.3 is 0 Å². The van der Waals surface area contributed by atoms with Gasteiger partial charge in [-0.2, -0.15) is 5.10 Å². The van der Waals surface area contributed by atoms with Crippen molar-refractivity contribution in [1.82, 2.24) is 4.98 Å². The SMILES string of the molecule is Cc1ccc(-c2nc(NN=Cc3ccc(N(C)C)cc3)sc2NC(=O)Cc2ccccc2)cc1. The molecule has 1 aromatic heterocycles. The minimum absolute atomic E-state index is 0.0840. The van der Waals surface area contributed by atoms with Gasteiger partial charge in [-0.1, -0.05) is 83.6 Å². The van der Waals surface area contributed by atoms with Gasteiger partial charge in [-0.25, -0.2) is 4.98 Å². The summed E-state index contributed by atoms with van der Waals surface area (Å²) in [5.74, 6) is -0.0840. The van der Waals surface area contributed by atoms with Gasteiger partial charge in [0.1, 0.15) is 10.7 Å². The second-order valence-electron chi connectivity index (χ2n) is 8.13. The van der Waals surface area contributed by atoms with Gasteiger partial charge in [0.25, 0.3) is 0 Å². The van der Waals surface area contributed by atoms with Gasteiger partial charge in [0.15, 0.2) is 0 Å². The summed E-state index contributed by atoms with van der Waals surface area (Å²) in [4.78, 5) is 19.5. The Morgan fingerprint density at radius 3 is 2.38 bits per heavy atom. The zero-order chi connectivity index (χ0) is 23.9. The van der Waals surface area contributed by atoms with E-state index in [0.717, 1.165) is 33.6 Å². The van der Waals surface area contributed by atoms with Crippen molar-refractivity contribution in [2.24, 2.45) is 5.10 Å². The number of hydrogen-bond acceptors (Lipinski definition) is 6. The smallest absolute Gasteiger partial charge is 0.229 e. The van der Waals surface area contributed by atoms with E-state index in [4.69, 9.17) is 4.98 Å². The number of carbonyl (C=O) groups is 1. The van der Waals surface area contributed by atoms with Crippen LogP contribution in [0.5, 0.6) is 0 Å². The lowest BCUT2D eigenvalue weighted by Crippen LogP contribution is -2.14. The normalized spacial score (nSPS) is 10.9. The molecule has 0 aliphatic rings. The molecule has 3 aromatic carbocycles. The Balaban J connectivity index is 1.52. The molecule has 0 atom stereocenters. The summed E-state index contributed by atoms with van der Waals surface area (Å²) in [6.45, 7) is 2.04. The molecule has 7 heteroatoms. The van der Waals surface area contributed by atoms with Crippen molar-refractivity contribution in [3.05, 3.63) is 95.6 Å². The molecule has 4 rings (SSSR count). The molecule has 0 saturated carbocycles. The van der Waals surface area contributed by atoms with Crippen LogP contribution in [0.3, 0.4) is 0 Å². The summed E-state index contributed by atoms with van der Waals surface area (Å²) in [6.07, 6.45) is 2.05. The summed E-state index contributed by atoms with van der Waals surface area (Å²) in [5.41, 5.74) is 8.90. The van der Waals surface area contributed by atoms with Gasteiger partial charge in [0.2, 0.25) is 11.0 Å². The van der Waals surface area contributed by atoms with Gasteiger partial charge in [-0.3, -0.25) is 10.2 Å². The number of hydrogen-bond donors (Lipinski definition) is 2. The molecule has 34 heavy (non-hydrogen) atoms. The fraction of sp³-hybridized carbons (Fsp3) is 0.148. The predicted molar refractivity (Wildman–Crippen MR) is 143 cm³/mol. The van der Waals surface area contributed by atoms with Crippen LogP contribution in [0.1, 0.15) is 16.7 Å². The quantitative estimate of drug-likeness (QED) is 0.252. The maximum Gasteiger partial charge on any atom is 0.229 e. The summed E-state index contributed by atoms with van der Waals surface area (Å²) in [6, 6.07) is 25.9. The fourth-order valence-electron chi connectivity index (χ4n) is 3.33. The largest absolute Gasteiger partial charge is 0.378 e. The summed E-state index contributed by atoms with van der Waals surface area (Å²) in [5, 5.41) is 8.68. The van der Waals surface area contributed by atoms with Gasteiger partial charge in [0.05, 0.1) is 12.6 Å². The highest BCUT2D eigenvalue weighted by Gasteiger charge is 2.16. The van der Waals surface area contributed by atoms with E-state index in [2.05, 4.69) is 20.7 Å². The Morgan fingerprint density at radius 2 is 1.71 bits per heavy atom. The lowest BCUT2D eigenvalue weighted by molar-refractivity contribution is -0.115. The zero-order valence-corrected chi connectivity index (χ0v) is 20.3. The maximum atomic E-state index is 12.7. The Bertz CT molecular complexity index is 1260. The van der Waals surface area contributed by atoms with E-state index in [-0.39, 0.29) is 5.91 Å². The third kappa shape index (κ3) is 6.08. The molecule has 4 aromatic rings. The third-order valence-corrected chi connectivity index (χ3v) is 6.07. The number of nitrogens with one attached hydrogen (secondary N) is 2. The number of amides is 1. The lowest BCUT2D eigenvalue weighted by atomic mass is 10.1. The first-order chi connectivity index (χ1) is 16.5. The number of nitrogens with zero attached hydrogens (tertiary/aromatic N) is 3. The van der Waals surface area contributed by atoms with Gasteiger partial charge < -0.3 is 10.2 Å². The molecule has 2 N–H and O–H groups in total. The number of hydrazone groups is 1. The molecule has 0 spiro atoms. The predicted octanol–water partition coefficient (Wildman–Crippen LogP) is 5.81. The van der Waals surface area contributed by atoms with Crippen LogP contribution in [-0.2, 0) is 11.2 Å². The molecule has 0 fully saturated rings. The molecule has 6 nitrogen and oxygen atoms in total. The van der Waals surface area contributed by atoms with E-state index < -0.39 is 0 Å². The molecule has 0 radical (unpaired) electrons. The first-order valence-electron chi connectivity index (χ1n) is 11.0. The van der Waals surface area contributed by atoms with Crippen LogP contribution in [0.15, 0.2) is 84.0 Å². The molecular weight excluding hydrogens is 442 g/mol. The van der Waals surface area contributed by atoms with E-state index in [1.165, 1.54) is 11.3 Å². The molecule has 0 aliphatic carbocycles. The van der Waals surface area contributed by atoms with Crippen LogP contribution in [0.25, 0.3) is 11.3 Å². The van der Waals surface area contributed by atoms with Crippen molar-refractivity contribution in [3.8, 4) is 11.3 Å². The molecule has 1 amide bonds. The summed E-state index contributed by atoms with van der Waals surface area (Å²) in [7, 11) is 4.02. The first kappa shape index (κ1) is 23.2. The van der Waals surface area contributed by atoms with Crippen molar-refractivity contribution in [2.45, 2.75) is 13.3 Å². The lowest BCUT2D eigenvalue weighted by Gasteiger charge is -2.11. The molecular formula is C27H27N5OS. The Kier molecular flexibility index (Phi) is 7.34. The topological polar surface area (TPSA) is 69.6 Å². The van der Waals surface area contributed by atoms with Crippen molar-refractivity contribution in [1.29, 1.82) is 0 Å². The van der Waals surface area contributed by atoms with Crippen LogP contribution < -0.4 is 15.6 Å². The highest BCUT2D eigenvalue weighted by molar-refractivity contribution is 7.20. The Labute approximate surface area is 204 Å². The second kappa shape index (κ2) is 10.8. The van der Waals surface area contributed by atoms with Crippen LogP contribution in [0.2, 0.25) is 0 Å². The van der Waals surface area contributed by atoms with Crippen molar-refractivity contribution < 1.29 is 4.79 Å². The van der Waals surface area contributed by atoms with E-state index in [1.54, 1.807) is 6.21 Å². The molecule has 0 saturated heterocycles. The van der Waals surface area contributed by atoms with Crippen molar-refractivity contribution >= 4 is 39.3 Å². The Morgan fingerprint density at radius 1 is 1.00 bits per heavy atom. The second-order valence-corrected chi connectivity index (χ2v) is 9.13. The molecule has 0 bridgehead atoms. The average Bonchev–Trinajstić information content (AvgIpc) is 3.22. The van der Waals surface area contributed by atoms with Crippen LogP contribution in [0, 0.1) is 6.92 Å². The summed E-state index contributed by atoms with van der Waals surface area (Å²) >= 11 is 1.36. The van der Waals surface area contributed by atoms with E-state index in [9.17, 15) is 4.79 Å². The third-order valence-electron chi connectivity index (χ3n) is 5.20. The first-order valence-corrected chi connectivity index (χ1v) is 11.8. The van der Waals surface area contributed by atoms with Gasteiger partial charge in [-0.05, 0) is 30.2 Å². The highest BCUT2D eigenvalue weighted by Crippen LogP contribution is 2.36. The fourth-order valence-corrected chi connectivity index (χ4v) is 4.19. The minimum atomic E-state index is -0.0840. The van der Waals surface area contributed by atoms with Crippen LogP contribution >= 0.6 is 11.3 Å². The van der Waals surface area contributed by atoms with E-state index in [0.29, 0.717) is 16.6 Å². The standard InChI is InChI=1S/C27H27N5OS/c1-19-9-13-22(14-10-19)25-26(29-24(33)17-20-7-5-4-6-8-20)34-27(30-25)31-28-18-21-11-15-23(16-12-21)32(2)3/h4-16,18H,17H2,1-3H3,(H,29,33)(H,30,31). The van der Waals surface area contributed by atoms with E-state index >= 15 is 0 Å². The number of aryl methyl sites for hydroxylation is 1. The minimum Gasteiger partial charge on any atom is -0.378 e. The number of rotatable bonds is 8. The van der Waals surface area contributed by atoms with Crippen molar-refractivity contribution in [3.63, 3.8) is 0 Å². The van der Waals surface area contributed by atoms with Crippen LogP contribution in [-0.4, -0.2) is 31.2 Å². The number of anilines is 3. The van der Waals surface area contributed by atoms with Crippen LogP contribution in [0.4, 0.5) is 15.8 Å².